The number of aliphatic hydroxyl groups is 1. The summed E-state index contributed by atoms with van der Waals surface area (Å²) < 4.78 is 1.83. The van der Waals surface area contributed by atoms with E-state index >= 15 is 0 Å². The number of aromatic nitrogens is 2. The van der Waals surface area contributed by atoms with Gasteiger partial charge in [-0.15, -0.1) is 0 Å². The largest absolute Gasteiger partial charge is 0.395 e. The summed E-state index contributed by atoms with van der Waals surface area (Å²) in [6, 6.07) is 7.64. The normalized spacial score (nSPS) is 12.5. The van der Waals surface area contributed by atoms with Crippen molar-refractivity contribution in [3.63, 3.8) is 0 Å². The molecular formula is C20H30N4O2. The van der Waals surface area contributed by atoms with Gasteiger partial charge in [0.1, 0.15) is 6.04 Å². The zero-order valence-electron chi connectivity index (χ0n) is 16.7. The molecule has 0 aliphatic carbocycles. The quantitative estimate of drug-likeness (QED) is 0.822. The zero-order chi connectivity index (χ0) is 19.4. The van der Waals surface area contributed by atoms with E-state index in [0.29, 0.717) is 13.1 Å². The summed E-state index contributed by atoms with van der Waals surface area (Å²) in [7, 11) is 5.71. The first-order valence-electron chi connectivity index (χ1n) is 8.88. The Morgan fingerprint density at radius 3 is 2.27 bits per heavy atom. The van der Waals surface area contributed by atoms with Gasteiger partial charge >= 0.3 is 0 Å². The maximum atomic E-state index is 13.3. The van der Waals surface area contributed by atoms with E-state index in [1.807, 2.05) is 75.8 Å². The highest BCUT2D eigenvalue weighted by molar-refractivity contribution is 5.83. The number of hydrogen-bond acceptors (Lipinski definition) is 4. The minimum absolute atomic E-state index is 0.0180. The van der Waals surface area contributed by atoms with Crippen LogP contribution < -0.4 is 0 Å². The second-order valence-electron chi connectivity index (χ2n) is 7.03. The smallest absolute Gasteiger partial charge is 0.244 e. The van der Waals surface area contributed by atoms with E-state index in [9.17, 15) is 9.90 Å². The van der Waals surface area contributed by atoms with Gasteiger partial charge in [0.05, 0.1) is 12.3 Å². The highest BCUT2D eigenvalue weighted by atomic mass is 16.3. The topological polar surface area (TPSA) is 61.6 Å². The summed E-state index contributed by atoms with van der Waals surface area (Å²) >= 11 is 0. The predicted molar refractivity (Wildman–Crippen MR) is 103 cm³/mol. The Labute approximate surface area is 156 Å². The van der Waals surface area contributed by atoms with Crippen LogP contribution in [0.2, 0.25) is 0 Å². The molecule has 2 aromatic rings. The monoisotopic (exact) mass is 358 g/mol. The number of rotatable bonds is 7. The van der Waals surface area contributed by atoms with Crippen LogP contribution in [0, 0.1) is 20.8 Å². The second-order valence-corrected chi connectivity index (χ2v) is 7.03. The third-order valence-corrected chi connectivity index (χ3v) is 4.83. The van der Waals surface area contributed by atoms with Crippen LogP contribution >= 0.6 is 0 Å². The van der Waals surface area contributed by atoms with Crippen molar-refractivity contribution >= 4 is 5.91 Å². The number of carbonyl (C=O) groups excluding carboxylic acids is 1. The van der Waals surface area contributed by atoms with E-state index in [4.69, 9.17) is 0 Å². The number of aliphatic hydroxyl groups excluding tert-OH is 1. The summed E-state index contributed by atoms with van der Waals surface area (Å²) in [6.07, 6.45) is 0. The minimum Gasteiger partial charge on any atom is -0.395 e. The first-order chi connectivity index (χ1) is 12.3. The van der Waals surface area contributed by atoms with Crippen molar-refractivity contribution in [1.82, 2.24) is 19.6 Å². The molecular weight excluding hydrogens is 328 g/mol. The third-order valence-electron chi connectivity index (χ3n) is 4.83. The molecule has 0 saturated heterocycles. The summed E-state index contributed by atoms with van der Waals surface area (Å²) in [5.41, 5.74) is 5.10. The Hall–Kier alpha value is -2.18. The van der Waals surface area contributed by atoms with Crippen LogP contribution in [-0.4, -0.2) is 57.8 Å². The molecule has 1 atom stereocenters. The highest BCUT2D eigenvalue weighted by Crippen LogP contribution is 2.24. The molecule has 6 nitrogen and oxygen atoms in total. The molecule has 1 heterocycles. The van der Waals surface area contributed by atoms with Crippen LogP contribution in [0.5, 0.6) is 0 Å². The Morgan fingerprint density at radius 1 is 1.19 bits per heavy atom. The molecule has 0 saturated carbocycles. The fourth-order valence-corrected chi connectivity index (χ4v) is 3.21. The van der Waals surface area contributed by atoms with E-state index in [-0.39, 0.29) is 18.6 Å². The van der Waals surface area contributed by atoms with Crippen LogP contribution in [0.1, 0.15) is 34.1 Å². The lowest BCUT2D eigenvalue weighted by Crippen LogP contribution is -2.41. The Kier molecular flexibility index (Phi) is 6.56. The van der Waals surface area contributed by atoms with Gasteiger partial charge in [-0.1, -0.05) is 29.8 Å². The molecule has 1 amide bonds. The van der Waals surface area contributed by atoms with Gasteiger partial charge in [0, 0.05) is 31.4 Å². The first-order valence-corrected chi connectivity index (χ1v) is 8.88. The van der Waals surface area contributed by atoms with Crippen LogP contribution in [-0.2, 0) is 18.4 Å². The van der Waals surface area contributed by atoms with Gasteiger partial charge in [-0.3, -0.25) is 14.4 Å². The number of hydrogen-bond donors (Lipinski definition) is 1. The second kappa shape index (κ2) is 8.47. The van der Waals surface area contributed by atoms with Crippen LogP contribution in [0.4, 0.5) is 0 Å². The molecule has 0 radical (unpaired) electrons. The van der Waals surface area contributed by atoms with E-state index in [2.05, 4.69) is 5.10 Å². The molecule has 1 N–H and O–H groups in total. The van der Waals surface area contributed by atoms with Gasteiger partial charge in [-0.05, 0) is 40.4 Å². The standard InChI is InChI=1S/C20H30N4O2/c1-14-7-9-17(10-8-14)19(22(4)5)20(26)24(11-12-25)13-18-15(2)21-23(6)16(18)3/h7-10,19,25H,11-13H2,1-6H3. The fourth-order valence-electron chi connectivity index (χ4n) is 3.21. The van der Waals surface area contributed by atoms with Gasteiger partial charge in [0.2, 0.25) is 5.91 Å². The van der Waals surface area contributed by atoms with Crippen molar-refractivity contribution in [2.45, 2.75) is 33.4 Å². The Balaban J connectivity index is 2.34. The maximum absolute atomic E-state index is 13.3. The average molecular weight is 358 g/mol. The zero-order valence-corrected chi connectivity index (χ0v) is 16.7. The number of benzene rings is 1. The molecule has 1 aromatic heterocycles. The third kappa shape index (κ3) is 4.31. The van der Waals surface area contributed by atoms with Crippen molar-refractivity contribution < 1.29 is 9.90 Å². The summed E-state index contributed by atoms with van der Waals surface area (Å²) in [4.78, 5) is 17.0. The lowest BCUT2D eigenvalue weighted by Gasteiger charge is -2.31. The molecule has 1 aromatic carbocycles. The molecule has 0 fully saturated rings. The Morgan fingerprint density at radius 2 is 1.81 bits per heavy atom. The number of amides is 1. The van der Waals surface area contributed by atoms with E-state index < -0.39 is 0 Å². The molecule has 142 valence electrons. The van der Waals surface area contributed by atoms with E-state index in [0.717, 1.165) is 28.1 Å². The molecule has 0 bridgehead atoms. The van der Waals surface area contributed by atoms with Crippen molar-refractivity contribution in [1.29, 1.82) is 0 Å². The van der Waals surface area contributed by atoms with Crippen LogP contribution in [0.25, 0.3) is 0 Å². The van der Waals surface area contributed by atoms with Crippen molar-refractivity contribution in [2.75, 3.05) is 27.2 Å². The number of carbonyl (C=O) groups is 1. The van der Waals surface area contributed by atoms with Crippen LogP contribution in [0.3, 0.4) is 0 Å². The number of likely N-dealkylation sites (N-methyl/N-ethyl adjacent to an activating group) is 1. The molecule has 26 heavy (non-hydrogen) atoms. The first kappa shape index (κ1) is 20.1. The lowest BCUT2D eigenvalue weighted by atomic mass is 10.0. The van der Waals surface area contributed by atoms with Crippen molar-refractivity contribution in [3.8, 4) is 0 Å². The SMILES string of the molecule is Cc1ccc(C(C(=O)N(CCO)Cc2c(C)nn(C)c2C)N(C)C)cc1. The number of aryl methyl sites for hydroxylation is 3. The molecule has 0 spiro atoms. The van der Waals surface area contributed by atoms with Crippen LogP contribution in [0.15, 0.2) is 24.3 Å². The van der Waals surface area contributed by atoms with Gasteiger partial charge < -0.3 is 10.0 Å². The lowest BCUT2D eigenvalue weighted by molar-refractivity contribution is -0.137. The number of nitrogens with zero attached hydrogens (tertiary/aromatic N) is 4. The average Bonchev–Trinajstić information content (AvgIpc) is 2.82. The molecule has 0 aliphatic rings. The summed E-state index contributed by atoms with van der Waals surface area (Å²) in [5, 5.41) is 13.9. The summed E-state index contributed by atoms with van der Waals surface area (Å²) in [5.74, 6) is -0.0180. The van der Waals surface area contributed by atoms with Gasteiger partial charge in [-0.2, -0.15) is 5.10 Å². The molecule has 1 unspecified atom stereocenters. The van der Waals surface area contributed by atoms with Gasteiger partial charge in [0.15, 0.2) is 0 Å². The minimum atomic E-state index is -0.389. The Bertz CT molecular complexity index is 750. The van der Waals surface area contributed by atoms with Gasteiger partial charge in [-0.25, -0.2) is 0 Å². The highest BCUT2D eigenvalue weighted by Gasteiger charge is 2.28. The summed E-state index contributed by atoms with van der Waals surface area (Å²) in [6.45, 7) is 6.65. The molecule has 6 heteroatoms. The van der Waals surface area contributed by atoms with Gasteiger partial charge in [0.25, 0.3) is 0 Å². The molecule has 2 rings (SSSR count). The van der Waals surface area contributed by atoms with Crippen molar-refractivity contribution in [2.24, 2.45) is 7.05 Å². The maximum Gasteiger partial charge on any atom is 0.244 e. The van der Waals surface area contributed by atoms with Crippen molar-refractivity contribution in [3.05, 3.63) is 52.3 Å². The van der Waals surface area contributed by atoms with E-state index in [1.54, 1.807) is 4.90 Å². The van der Waals surface area contributed by atoms with E-state index in [1.165, 1.54) is 0 Å². The fraction of sp³-hybridized carbons (Fsp3) is 0.500. The predicted octanol–water partition coefficient (Wildman–Crippen LogP) is 1.97. The molecule has 0 aliphatic heterocycles.